The molecule has 4 bridgehead atoms. The maximum Gasteiger partial charge on any atom is 0.290 e. The van der Waals surface area contributed by atoms with Crippen molar-refractivity contribution < 1.29 is 51.5 Å². The lowest BCUT2D eigenvalue weighted by Crippen LogP contribution is -2.59. The van der Waals surface area contributed by atoms with Crippen molar-refractivity contribution in [3.05, 3.63) is 65.7 Å². The van der Waals surface area contributed by atoms with E-state index in [4.69, 9.17) is 9.47 Å². The standard InChI is InChI=1S/C40H54N6O11S/c1-40(2,3)35-39(53)46-24-28(57-18-11-17-56-27-15-10-12-25(20-27)21-31(47)44-35)22-30(46)36(50)42-29(16-19-58(6,54)55)34(49)37(51)41-23-32(48)43-33(38(52)45(4)5)26-13-8-7-9-14-26/h7-10,12-15,20,28-30,33,35H,11,16-19,21-24H2,1-6H3,(H,41,51)(H,42,50)(H,43,48)(H,44,47)/t28-,29?,30+,33+,35?/m1/s1. The Bertz CT molecular complexity index is 1950. The van der Waals surface area contributed by atoms with Crippen LogP contribution in [0.1, 0.15) is 57.2 Å². The van der Waals surface area contributed by atoms with E-state index in [0.717, 1.165) is 6.26 Å². The zero-order valence-corrected chi connectivity index (χ0v) is 34.6. The monoisotopic (exact) mass is 826 g/mol. The Labute approximate surface area is 338 Å². The zero-order valence-electron chi connectivity index (χ0n) is 33.7. The number of sulfone groups is 1. The molecule has 1 fully saturated rings. The molecule has 6 amide bonds. The molecule has 0 saturated carbocycles. The number of nitrogens with one attached hydrogen (secondary N) is 4. The highest BCUT2D eigenvalue weighted by atomic mass is 32.2. The largest absolute Gasteiger partial charge is 0.493 e. The van der Waals surface area contributed by atoms with E-state index in [2.05, 4.69) is 21.3 Å². The molecule has 17 nitrogen and oxygen atoms in total. The summed E-state index contributed by atoms with van der Waals surface area (Å²) in [4.78, 5) is 96.9. The smallest absolute Gasteiger partial charge is 0.290 e. The topological polar surface area (TPSA) is 227 Å². The van der Waals surface area contributed by atoms with E-state index in [9.17, 15) is 42.0 Å². The molecular weight excluding hydrogens is 773 g/mol. The molecular formula is C40H54N6O11S. The number of hydrogen-bond acceptors (Lipinski definition) is 11. The molecule has 58 heavy (non-hydrogen) atoms. The SMILES string of the molecule is CN(C)C(=O)[C@@H](NC(=O)CNC(=O)C(=O)C(CCS(C)(=O)=O)NC(=O)[C@@H]1C[C@@H]2CN1C(=O)C(C(C)(C)C)NC(=O)Cc1cccc(c1)OCCCO2)c1ccccc1. The average Bonchev–Trinajstić information content (AvgIpc) is 3.59. The molecule has 4 N–H and O–H groups in total. The number of fused-ring (bicyclic) bond motifs is 4. The van der Waals surface area contributed by atoms with Crippen LogP contribution < -0.4 is 26.0 Å². The maximum absolute atomic E-state index is 14.3. The van der Waals surface area contributed by atoms with Gasteiger partial charge in [0.05, 0.1) is 44.1 Å². The highest BCUT2D eigenvalue weighted by Gasteiger charge is 2.46. The number of amides is 6. The van der Waals surface area contributed by atoms with Gasteiger partial charge >= 0.3 is 0 Å². The van der Waals surface area contributed by atoms with Crippen LogP contribution in [0.15, 0.2) is 54.6 Å². The predicted molar refractivity (Wildman–Crippen MR) is 212 cm³/mol. The van der Waals surface area contributed by atoms with Gasteiger partial charge in [0.2, 0.25) is 35.3 Å². The van der Waals surface area contributed by atoms with Gasteiger partial charge in [-0.05, 0) is 35.1 Å². The Hall–Kier alpha value is -5.36. The number of likely N-dealkylation sites (N-methyl/N-ethyl adjacent to an activating group) is 1. The fourth-order valence-electron chi connectivity index (χ4n) is 6.54. The highest BCUT2D eigenvalue weighted by molar-refractivity contribution is 7.90. The van der Waals surface area contributed by atoms with E-state index in [0.29, 0.717) is 29.9 Å². The van der Waals surface area contributed by atoms with Gasteiger partial charge < -0.3 is 40.5 Å². The van der Waals surface area contributed by atoms with Crippen molar-refractivity contribution in [2.75, 3.05) is 52.4 Å². The summed E-state index contributed by atoms with van der Waals surface area (Å²) in [7, 11) is -0.658. The normalized spacial score (nSPS) is 20.1. The van der Waals surface area contributed by atoms with Gasteiger partial charge in [-0.15, -0.1) is 0 Å². The van der Waals surface area contributed by atoms with Crippen molar-refractivity contribution >= 4 is 51.1 Å². The van der Waals surface area contributed by atoms with Crippen molar-refractivity contribution in [2.24, 2.45) is 5.41 Å². The molecule has 5 atom stereocenters. The number of ketones is 1. The molecule has 4 rings (SSSR count). The van der Waals surface area contributed by atoms with Gasteiger partial charge in [-0.1, -0.05) is 63.2 Å². The number of carbonyl (C=O) groups excluding carboxylic acids is 7. The first-order chi connectivity index (χ1) is 27.2. The summed E-state index contributed by atoms with van der Waals surface area (Å²) < 4.78 is 36.3. The number of Topliss-reactive ketones (excluding diaryl/α,β-unsaturated/α-hetero) is 1. The molecule has 316 valence electrons. The number of nitrogens with zero attached hydrogens (tertiary/aromatic N) is 2. The van der Waals surface area contributed by atoms with Gasteiger partial charge in [-0.25, -0.2) is 8.42 Å². The molecule has 2 aromatic rings. The molecule has 2 unspecified atom stereocenters. The van der Waals surface area contributed by atoms with Crippen molar-refractivity contribution in [1.82, 2.24) is 31.1 Å². The zero-order chi connectivity index (χ0) is 42.8. The van der Waals surface area contributed by atoms with Gasteiger partial charge in [0.25, 0.3) is 5.91 Å². The van der Waals surface area contributed by atoms with Crippen LogP contribution in [0.25, 0.3) is 0 Å². The summed E-state index contributed by atoms with van der Waals surface area (Å²) in [6.07, 6.45) is 0.253. The molecule has 0 spiro atoms. The lowest BCUT2D eigenvalue weighted by molar-refractivity contribution is -0.145. The van der Waals surface area contributed by atoms with Crippen LogP contribution in [0.2, 0.25) is 0 Å². The van der Waals surface area contributed by atoms with E-state index in [1.807, 2.05) is 0 Å². The van der Waals surface area contributed by atoms with Crippen molar-refractivity contribution in [3.63, 3.8) is 0 Å². The van der Waals surface area contributed by atoms with Crippen LogP contribution in [0.5, 0.6) is 5.75 Å². The van der Waals surface area contributed by atoms with Crippen LogP contribution in [-0.4, -0.2) is 136 Å². The minimum atomic E-state index is -3.69. The fourth-order valence-corrected chi connectivity index (χ4v) is 7.21. The predicted octanol–water partition coefficient (Wildman–Crippen LogP) is 0.0791. The Morgan fingerprint density at radius 1 is 0.983 bits per heavy atom. The highest BCUT2D eigenvalue weighted by Crippen LogP contribution is 2.28. The van der Waals surface area contributed by atoms with E-state index in [1.165, 1.54) is 23.9 Å². The summed E-state index contributed by atoms with van der Waals surface area (Å²) in [6.45, 7) is 5.08. The second-order valence-electron chi connectivity index (χ2n) is 15.8. The molecule has 18 heteroatoms. The molecule has 0 aliphatic carbocycles. The Morgan fingerprint density at radius 3 is 2.34 bits per heavy atom. The average molecular weight is 827 g/mol. The Kier molecular flexibility index (Phi) is 15.5. The summed E-state index contributed by atoms with van der Waals surface area (Å²) >= 11 is 0. The number of hydrogen-bond donors (Lipinski definition) is 4. The number of benzene rings is 2. The molecule has 0 radical (unpaired) electrons. The van der Waals surface area contributed by atoms with Gasteiger partial charge in [0, 0.05) is 39.7 Å². The van der Waals surface area contributed by atoms with Crippen molar-refractivity contribution in [2.45, 2.75) is 76.7 Å². The Balaban J connectivity index is 1.52. The minimum Gasteiger partial charge on any atom is -0.493 e. The first-order valence-corrected chi connectivity index (χ1v) is 21.1. The van der Waals surface area contributed by atoms with Gasteiger partial charge in [0.1, 0.15) is 33.7 Å². The number of rotatable bonds is 12. The van der Waals surface area contributed by atoms with Crippen LogP contribution >= 0.6 is 0 Å². The molecule has 2 aliphatic rings. The van der Waals surface area contributed by atoms with Crippen LogP contribution in [0.3, 0.4) is 0 Å². The van der Waals surface area contributed by atoms with E-state index < -0.39 is 105 Å². The van der Waals surface area contributed by atoms with E-state index in [1.54, 1.807) is 75.4 Å². The molecule has 0 aromatic heterocycles. The summed E-state index contributed by atoms with van der Waals surface area (Å²) in [6, 6.07) is 10.4. The lowest BCUT2D eigenvalue weighted by atomic mass is 9.85. The van der Waals surface area contributed by atoms with Crippen LogP contribution in [0.4, 0.5) is 0 Å². The number of carbonyl (C=O) groups is 7. The minimum absolute atomic E-state index is 0.00236. The van der Waals surface area contributed by atoms with Crippen LogP contribution in [-0.2, 0) is 54.6 Å². The third-order valence-electron chi connectivity index (χ3n) is 9.61. The second-order valence-corrected chi connectivity index (χ2v) is 18.1. The number of ether oxygens (including phenoxy) is 2. The lowest BCUT2D eigenvalue weighted by Gasteiger charge is -2.35. The second kappa shape index (κ2) is 19.9. The van der Waals surface area contributed by atoms with Gasteiger partial charge in [0.15, 0.2) is 0 Å². The van der Waals surface area contributed by atoms with E-state index in [-0.39, 0.29) is 26.0 Å². The van der Waals surface area contributed by atoms with Crippen LogP contribution in [0, 0.1) is 5.41 Å². The summed E-state index contributed by atoms with van der Waals surface area (Å²) in [5.74, 6) is -5.60. The fraction of sp³-hybridized carbons (Fsp3) is 0.525. The van der Waals surface area contributed by atoms with Crippen molar-refractivity contribution in [1.29, 1.82) is 0 Å². The maximum atomic E-state index is 14.3. The Morgan fingerprint density at radius 2 is 1.69 bits per heavy atom. The molecule has 1 saturated heterocycles. The van der Waals surface area contributed by atoms with Crippen molar-refractivity contribution in [3.8, 4) is 5.75 Å². The summed E-state index contributed by atoms with van der Waals surface area (Å²) in [5.41, 5.74) is 0.335. The third-order valence-corrected chi connectivity index (χ3v) is 10.6. The quantitative estimate of drug-likeness (QED) is 0.210. The first-order valence-electron chi connectivity index (χ1n) is 19.0. The molecule has 2 aliphatic heterocycles. The molecule has 2 aromatic carbocycles. The summed E-state index contributed by atoms with van der Waals surface area (Å²) in [5, 5.41) is 10.1. The van der Waals surface area contributed by atoms with E-state index >= 15 is 0 Å². The first kappa shape index (κ1) is 45.3. The third kappa shape index (κ3) is 13.1. The molecule has 2 heterocycles. The van der Waals surface area contributed by atoms with Gasteiger partial charge in [-0.3, -0.25) is 33.6 Å². The van der Waals surface area contributed by atoms with Gasteiger partial charge in [-0.2, -0.15) is 0 Å².